The van der Waals surface area contributed by atoms with Crippen LogP contribution in [0.25, 0.3) is 6.08 Å². The number of hydrogen-bond acceptors (Lipinski definition) is 3. The number of hydrogen-bond donors (Lipinski definition) is 1. The normalized spacial score (nSPS) is 14.9. The molecule has 0 bridgehead atoms. The van der Waals surface area contributed by atoms with Crippen LogP contribution in [0.3, 0.4) is 0 Å². The molecule has 24 heavy (non-hydrogen) atoms. The number of amides is 2. The van der Waals surface area contributed by atoms with E-state index in [1.165, 1.54) is 0 Å². The van der Waals surface area contributed by atoms with Crippen molar-refractivity contribution in [3.63, 3.8) is 0 Å². The van der Waals surface area contributed by atoms with Gasteiger partial charge in [-0.1, -0.05) is 29.8 Å². The highest BCUT2D eigenvalue weighted by Crippen LogP contribution is 2.13. The van der Waals surface area contributed by atoms with Gasteiger partial charge in [0, 0.05) is 43.6 Å². The number of rotatable bonds is 3. The molecule has 0 saturated carbocycles. The Hall–Kier alpha value is -2.53. The zero-order chi connectivity index (χ0) is 16.8. The van der Waals surface area contributed by atoms with Gasteiger partial charge in [-0.05, 0) is 35.9 Å². The van der Waals surface area contributed by atoms with Crippen LogP contribution in [-0.2, 0) is 0 Å². The van der Waals surface area contributed by atoms with Crippen LogP contribution >= 0.6 is 11.6 Å². The predicted molar refractivity (Wildman–Crippen MR) is 97.0 cm³/mol. The van der Waals surface area contributed by atoms with Gasteiger partial charge < -0.3 is 15.1 Å². The van der Waals surface area contributed by atoms with Crippen molar-refractivity contribution in [3.8, 4) is 0 Å². The topological polar surface area (TPSA) is 48.5 Å². The monoisotopic (exact) mass is 342 g/mol. The maximum atomic E-state index is 12.2. The number of nitrogens with one attached hydrogen (secondary N) is 1. The van der Waals surface area contributed by atoms with Crippen molar-refractivity contribution in [2.24, 2.45) is 0 Å². The van der Waals surface area contributed by atoms with Crippen LogP contribution in [0.15, 0.2) is 54.9 Å². The number of aromatic nitrogens is 1. The van der Waals surface area contributed by atoms with E-state index in [1.54, 1.807) is 12.4 Å². The molecule has 1 aliphatic rings. The molecule has 1 aliphatic heterocycles. The summed E-state index contributed by atoms with van der Waals surface area (Å²) in [6.07, 6.45) is 5.30. The fraction of sp³-hybridized carbons (Fsp3) is 0.222. The van der Waals surface area contributed by atoms with Gasteiger partial charge in [-0.25, -0.2) is 9.78 Å². The first-order valence-corrected chi connectivity index (χ1v) is 8.24. The first-order valence-electron chi connectivity index (χ1n) is 7.86. The third-order valence-electron chi connectivity index (χ3n) is 3.89. The summed E-state index contributed by atoms with van der Waals surface area (Å²) in [6, 6.07) is 13.2. The Labute approximate surface area is 146 Å². The van der Waals surface area contributed by atoms with E-state index in [9.17, 15) is 4.79 Å². The second-order valence-electron chi connectivity index (χ2n) is 5.50. The number of carbonyl (C=O) groups is 1. The second-order valence-corrected chi connectivity index (χ2v) is 5.93. The minimum absolute atomic E-state index is 0.0825. The summed E-state index contributed by atoms with van der Waals surface area (Å²) in [5, 5.41) is 3.51. The largest absolute Gasteiger partial charge is 0.353 e. The van der Waals surface area contributed by atoms with E-state index in [0.717, 1.165) is 24.5 Å². The van der Waals surface area contributed by atoms with Gasteiger partial charge in [0.25, 0.3) is 0 Å². The molecule has 6 heteroatoms. The fourth-order valence-corrected chi connectivity index (χ4v) is 2.68. The molecule has 1 aromatic carbocycles. The van der Waals surface area contributed by atoms with E-state index in [1.807, 2.05) is 53.4 Å². The molecule has 3 rings (SSSR count). The summed E-state index contributed by atoms with van der Waals surface area (Å²) in [5.41, 5.74) is 0.986. The molecule has 1 N–H and O–H groups in total. The first kappa shape index (κ1) is 16.3. The van der Waals surface area contributed by atoms with Crippen LogP contribution in [0.5, 0.6) is 0 Å². The number of urea groups is 1. The van der Waals surface area contributed by atoms with E-state index in [-0.39, 0.29) is 6.03 Å². The van der Waals surface area contributed by atoms with Gasteiger partial charge in [0.05, 0.1) is 0 Å². The summed E-state index contributed by atoms with van der Waals surface area (Å²) in [7, 11) is 0. The Balaban J connectivity index is 1.47. The van der Waals surface area contributed by atoms with Crippen molar-refractivity contribution in [3.05, 3.63) is 65.4 Å². The van der Waals surface area contributed by atoms with E-state index < -0.39 is 0 Å². The van der Waals surface area contributed by atoms with Gasteiger partial charge in [0.1, 0.15) is 5.82 Å². The Morgan fingerprint density at radius 2 is 1.83 bits per heavy atom. The highest BCUT2D eigenvalue weighted by Gasteiger charge is 2.20. The first-order chi connectivity index (χ1) is 11.7. The van der Waals surface area contributed by atoms with E-state index in [2.05, 4.69) is 15.2 Å². The van der Waals surface area contributed by atoms with Crippen molar-refractivity contribution in [1.82, 2.24) is 15.2 Å². The molecular formula is C18H19ClN4O. The standard InChI is InChI=1S/C18H19ClN4O/c19-16-6-4-15(5-7-16)8-10-21-18(24)23-13-11-22(12-14-23)17-3-1-2-9-20-17/h1-10H,11-14H2,(H,21,24)/b10-8+. The quantitative estimate of drug-likeness (QED) is 0.931. The number of halogens is 1. The number of benzene rings is 1. The SMILES string of the molecule is O=C(N/C=C/c1ccc(Cl)cc1)N1CCN(c2ccccn2)CC1. The van der Waals surface area contributed by atoms with E-state index >= 15 is 0 Å². The summed E-state index contributed by atoms with van der Waals surface area (Å²) >= 11 is 5.84. The lowest BCUT2D eigenvalue weighted by Gasteiger charge is -2.35. The smallest absolute Gasteiger partial charge is 0.321 e. The number of nitrogens with zero attached hydrogens (tertiary/aromatic N) is 3. The van der Waals surface area contributed by atoms with Crippen LogP contribution in [0.4, 0.5) is 10.6 Å². The second kappa shape index (κ2) is 7.84. The third kappa shape index (κ3) is 4.26. The van der Waals surface area contributed by atoms with Gasteiger partial charge in [0.2, 0.25) is 0 Å². The van der Waals surface area contributed by atoms with Crippen molar-refractivity contribution < 1.29 is 4.79 Å². The van der Waals surface area contributed by atoms with Crippen molar-refractivity contribution in [2.45, 2.75) is 0 Å². The minimum Gasteiger partial charge on any atom is -0.353 e. The van der Waals surface area contributed by atoms with Gasteiger partial charge >= 0.3 is 6.03 Å². The fourth-order valence-electron chi connectivity index (χ4n) is 2.55. The molecule has 0 radical (unpaired) electrons. The van der Waals surface area contributed by atoms with Crippen LogP contribution < -0.4 is 10.2 Å². The molecule has 124 valence electrons. The number of carbonyl (C=O) groups excluding carboxylic acids is 1. The number of piperazine rings is 1. The molecule has 1 saturated heterocycles. The molecule has 2 aromatic rings. The molecule has 2 amide bonds. The van der Waals surface area contributed by atoms with E-state index in [4.69, 9.17) is 11.6 Å². The minimum atomic E-state index is -0.0825. The summed E-state index contributed by atoms with van der Waals surface area (Å²) < 4.78 is 0. The maximum absolute atomic E-state index is 12.2. The highest BCUT2D eigenvalue weighted by atomic mass is 35.5. The van der Waals surface area contributed by atoms with Crippen LogP contribution in [0.1, 0.15) is 5.56 Å². The van der Waals surface area contributed by atoms with Gasteiger partial charge in [-0.15, -0.1) is 0 Å². The molecule has 5 nitrogen and oxygen atoms in total. The molecule has 1 fully saturated rings. The van der Waals surface area contributed by atoms with Crippen LogP contribution in [0.2, 0.25) is 5.02 Å². The Bertz CT molecular complexity index is 695. The van der Waals surface area contributed by atoms with E-state index in [0.29, 0.717) is 18.1 Å². The molecule has 0 spiro atoms. The van der Waals surface area contributed by atoms with Gasteiger partial charge in [0.15, 0.2) is 0 Å². The zero-order valence-corrected chi connectivity index (χ0v) is 14.0. The Morgan fingerprint density at radius 1 is 1.08 bits per heavy atom. The average molecular weight is 343 g/mol. The maximum Gasteiger partial charge on any atom is 0.321 e. The van der Waals surface area contributed by atoms with Crippen LogP contribution in [-0.4, -0.2) is 42.1 Å². The lowest BCUT2D eigenvalue weighted by atomic mass is 10.2. The Morgan fingerprint density at radius 3 is 2.50 bits per heavy atom. The van der Waals surface area contributed by atoms with Crippen molar-refractivity contribution in [1.29, 1.82) is 0 Å². The van der Waals surface area contributed by atoms with Crippen molar-refractivity contribution >= 4 is 29.5 Å². The van der Waals surface area contributed by atoms with Crippen molar-refractivity contribution in [2.75, 3.05) is 31.1 Å². The summed E-state index contributed by atoms with van der Waals surface area (Å²) in [6.45, 7) is 2.92. The lowest BCUT2D eigenvalue weighted by Crippen LogP contribution is -2.51. The molecule has 1 aromatic heterocycles. The molecule has 2 heterocycles. The Kier molecular flexibility index (Phi) is 5.33. The number of anilines is 1. The summed E-state index contributed by atoms with van der Waals surface area (Å²) in [5.74, 6) is 0.959. The molecule has 0 atom stereocenters. The van der Waals surface area contributed by atoms with Gasteiger partial charge in [-0.2, -0.15) is 0 Å². The van der Waals surface area contributed by atoms with Crippen LogP contribution in [0, 0.1) is 0 Å². The highest BCUT2D eigenvalue weighted by molar-refractivity contribution is 6.30. The number of pyridine rings is 1. The molecular weight excluding hydrogens is 324 g/mol. The summed E-state index contributed by atoms with van der Waals surface area (Å²) in [4.78, 5) is 20.5. The van der Waals surface area contributed by atoms with Gasteiger partial charge in [-0.3, -0.25) is 0 Å². The zero-order valence-electron chi connectivity index (χ0n) is 13.2. The third-order valence-corrected chi connectivity index (χ3v) is 4.14. The average Bonchev–Trinajstić information content (AvgIpc) is 2.64. The molecule has 0 unspecified atom stereocenters. The predicted octanol–water partition coefficient (Wildman–Crippen LogP) is 3.24. The lowest BCUT2D eigenvalue weighted by molar-refractivity contribution is 0.198. The molecule has 0 aliphatic carbocycles.